The second kappa shape index (κ2) is 7.70. The zero-order valence-corrected chi connectivity index (χ0v) is 11.1. The highest BCUT2D eigenvalue weighted by molar-refractivity contribution is 5.76. The molecule has 1 aromatic rings. The first-order valence-electron chi connectivity index (χ1n) is 5.92. The van der Waals surface area contributed by atoms with Crippen LogP contribution in [0, 0.1) is 5.82 Å². The predicted molar refractivity (Wildman–Crippen MR) is 69.3 cm³/mol. The Labute approximate surface area is 111 Å². The molecular formula is C13H19FN2O3. The van der Waals surface area contributed by atoms with Crippen LogP contribution in [0.5, 0.6) is 5.75 Å². The molecule has 1 amide bonds. The Bertz CT molecular complexity index is 422. The van der Waals surface area contributed by atoms with Gasteiger partial charge in [-0.25, -0.2) is 4.39 Å². The van der Waals surface area contributed by atoms with E-state index in [0.29, 0.717) is 5.56 Å². The van der Waals surface area contributed by atoms with E-state index in [-0.39, 0.29) is 37.3 Å². The van der Waals surface area contributed by atoms with Gasteiger partial charge in [-0.3, -0.25) is 4.79 Å². The van der Waals surface area contributed by atoms with E-state index in [9.17, 15) is 9.18 Å². The van der Waals surface area contributed by atoms with Crippen molar-refractivity contribution < 1.29 is 18.7 Å². The number of methoxy groups -OCH3 is 2. The van der Waals surface area contributed by atoms with Crippen LogP contribution in [0.1, 0.15) is 12.0 Å². The molecule has 0 fully saturated rings. The number of nitrogens with one attached hydrogen (secondary N) is 1. The Balaban J connectivity index is 2.48. The molecular weight excluding hydrogens is 251 g/mol. The Kier molecular flexibility index (Phi) is 6.24. The normalized spacial score (nSPS) is 12.0. The topological polar surface area (TPSA) is 73.6 Å². The molecule has 1 rings (SSSR count). The summed E-state index contributed by atoms with van der Waals surface area (Å²) >= 11 is 0. The number of ether oxygens (including phenoxy) is 2. The van der Waals surface area contributed by atoms with Crippen molar-refractivity contribution >= 4 is 5.91 Å². The van der Waals surface area contributed by atoms with Crippen molar-refractivity contribution in [1.29, 1.82) is 0 Å². The molecule has 6 heteroatoms. The minimum Gasteiger partial charge on any atom is -0.494 e. The molecule has 0 saturated carbocycles. The maximum Gasteiger partial charge on any atom is 0.222 e. The molecule has 0 aliphatic rings. The van der Waals surface area contributed by atoms with Crippen molar-refractivity contribution in [3.05, 3.63) is 29.6 Å². The highest BCUT2D eigenvalue weighted by atomic mass is 19.1. The number of carbonyl (C=O) groups excluding carboxylic acids is 1. The van der Waals surface area contributed by atoms with E-state index in [2.05, 4.69) is 5.32 Å². The molecule has 1 atom stereocenters. The highest BCUT2D eigenvalue weighted by Gasteiger charge is 2.11. The molecule has 3 N–H and O–H groups in total. The minimum atomic E-state index is -0.453. The van der Waals surface area contributed by atoms with Gasteiger partial charge in [0.05, 0.1) is 19.6 Å². The van der Waals surface area contributed by atoms with Crippen LogP contribution in [0.15, 0.2) is 18.2 Å². The van der Waals surface area contributed by atoms with Gasteiger partial charge in [0.1, 0.15) is 0 Å². The molecule has 0 aliphatic carbocycles. The first kappa shape index (κ1) is 15.4. The summed E-state index contributed by atoms with van der Waals surface area (Å²) in [5.74, 6) is -0.461. The Morgan fingerprint density at radius 1 is 1.47 bits per heavy atom. The average molecular weight is 270 g/mol. The summed E-state index contributed by atoms with van der Waals surface area (Å²) in [5, 5.41) is 2.68. The van der Waals surface area contributed by atoms with Gasteiger partial charge in [0, 0.05) is 20.2 Å². The quantitative estimate of drug-likeness (QED) is 0.769. The van der Waals surface area contributed by atoms with Gasteiger partial charge in [-0.1, -0.05) is 6.07 Å². The van der Waals surface area contributed by atoms with Gasteiger partial charge < -0.3 is 20.5 Å². The Morgan fingerprint density at radius 2 is 2.21 bits per heavy atom. The molecule has 5 nitrogen and oxygen atoms in total. The van der Waals surface area contributed by atoms with Gasteiger partial charge in [-0.15, -0.1) is 0 Å². The number of rotatable bonds is 7. The van der Waals surface area contributed by atoms with Gasteiger partial charge in [0.25, 0.3) is 0 Å². The van der Waals surface area contributed by atoms with Crippen LogP contribution in [-0.2, 0) is 16.1 Å². The number of halogens is 1. The number of benzene rings is 1. The highest BCUT2D eigenvalue weighted by Crippen LogP contribution is 2.17. The van der Waals surface area contributed by atoms with E-state index in [4.69, 9.17) is 15.2 Å². The molecule has 0 radical (unpaired) electrons. The first-order valence-corrected chi connectivity index (χ1v) is 5.92. The molecule has 0 aliphatic heterocycles. The van der Waals surface area contributed by atoms with E-state index in [0.717, 1.165) is 0 Å². The van der Waals surface area contributed by atoms with Gasteiger partial charge in [-0.2, -0.15) is 0 Å². The maximum atomic E-state index is 13.4. The van der Waals surface area contributed by atoms with Gasteiger partial charge in [0.15, 0.2) is 11.6 Å². The van der Waals surface area contributed by atoms with Crippen molar-refractivity contribution in [2.45, 2.75) is 19.1 Å². The maximum absolute atomic E-state index is 13.4. The zero-order chi connectivity index (χ0) is 14.3. The lowest BCUT2D eigenvalue weighted by Crippen LogP contribution is -2.31. The lowest BCUT2D eigenvalue weighted by atomic mass is 10.2. The summed E-state index contributed by atoms with van der Waals surface area (Å²) in [7, 11) is 2.90. The third-order valence-corrected chi connectivity index (χ3v) is 2.72. The van der Waals surface area contributed by atoms with Crippen LogP contribution in [-0.4, -0.2) is 32.8 Å². The summed E-state index contributed by atoms with van der Waals surface area (Å²) in [4.78, 5) is 11.6. The SMILES string of the molecule is COc1ccc(CNC(=O)CC(CN)OC)cc1F. The summed E-state index contributed by atoms with van der Waals surface area (Å²) in [6, 6.07) is 4.55. The molecule has 0 spiro atoms. The summed E-state index contributed by atoms with van der Waals surface area (Å²) in [6.07, 6.45) is -0.112. The molecule has 1 unspecified atom stereocenters. The van der Waals surface area contributed by atoms with E-state index in [1.54, 1.807) is 6.07 Å². The molecule has 0 saturated heterocycles. The van der Waals surface area contributed by atoms with Crippen molar-refractivity contribution in [1.82, 2.24) is 5.32 Å². The number of hydrogen-bond acceptors (Lipinski definition) is 4. The molecule has 1 aromatic carbocycles. The van der Waals surface area contributed by atoms with Gasteiger partial charge >= 0.3 is 0 Å². The van der Waals surface area contributed by atoms with Crippen molar-refractivity contribution in [3.8, 4) is 5.75 Å². The van der Waals surface area contributed by atoms with E-state index in [1.165, 1.54) is 26.4 Å². The first-order chi connectivity index (χ1) is 9.10. The Hall–Kier alpha value is -1.66. The second-order valence-corrected chi connectivity index (χ2v) is 4.04. The third-order valence-electron chi connectivity index (χ3n) is 2.72. The zero-order valence-electron chi connectivity index (χ0n) is 11.1. The van der Waals surface area contributed by atoms with E-state index >= 15 is 0 Å². The summed E-state index contributed by atoms with van der Waals surface area (Å²) in [6.45, 7) is 0.530. The largest absolute Gasteiger partial charge is 0.494 e. The van der Waals surface area contributed by atoms with Crippen LogP contribution >= 0.6 is 0 Å². The fraction of sp³-hybridized carbons (Fsp3) is 0.462. The fourth-order valence-electron chi connectivity index (χ4n) is 1.56. The molecule has 0 bridgehead atoms. The predicted octanol–water partition coefficient (Wildman–Crippen LogP) is 0.814. The second-order valence-electron chi connectivity index (χ2n) is 4.04. The average Bonchev–Trinajstić information content (AvgIpc) is 2.42. The lowest BCUT2D eigenvalue weighted by molar-refractivity contribution is -0.123. The van der Waals surface area contributed by atoms with Crippen molar-refractivity contribution in [2.24, 2.45) is 5.73 Å². The van der Waals surface area contributed by atoms with Crippen LogP contribution in [0.3, 0.4) is 0 Å². The minimum absolute atomic E-state index is 0.178. The van der Waals surface area contributed by atoms with Crippen LogP contribution in [0.25, 0.3) is 0 Å². The standard InChI is InChI=1S/C13H19FN2O3/c1-18-10(7-15)6-13(17)16-8-9-3-4-12(19-2)11(14)5-9/h3-5,10H,6-8,15H2,1-2H3,(H,16,17). The molecule has 0 aromatic heterocycles. The monoisotopic (exact) mass is 270 g/mol. The van der Waals surface area contributed by atoms with E-state index < -0.39 is 5.82 Å². The number of amides is 1. The number of nitrogens with two attached hydrogens (primary N) is 1. The van der Waals surface area contributed by atoms with Crippen LogP contribution in [0.2, 0.25) is 0 Å². The van der Waals surface area contributed by atoms with Gasteiger partial charge in [0.2, 0.25) is 5.91 Å². The van der Waals surface area contributed by atoms with E-state index in [1.807, 2.05) is 0 Å². The molecule has 19 heavy (non-hydrogen) atoms. The lowest BCUT2D eigenvalue weighted by Gasteiger charge is -2.12. The van der Waals surface area contributed by atoms with Gasteiger partial charge in [-0.05, 0) is 17.7 Å². The van der Waals surface area contributed by atoms with Crippen LogP contribution < -0.4 is 15.8 Å². The molecule has 0 heterocycles. The van der Waals surface area contributed by atoms with Crippen molar-refractivity contribution in [2.75, 3.05) is 20.8 Å². The number of hydrogen-bond donors (Lipinski definition) is 2. The third kappa shape index (κ3) is 4.84. The summed E-state index contributed by atoms with van der Waals surface area (Å²) < 4.78 is 23.2. The number of carbonyl (C=O) groups is 1. The smallest absolute Gasteiger partial charge is 0.222 e. The van der Waals surface area contributed by atoms with Crippen molar-refractivity contribution in [3.63, 3.8) is 0 Å². The summed E-state index contributed by atoms with van der Waals surface area (Å²) in [5.41, 5.74) is 6.08. The Morgan fingerprint density at radius 3 is 2.74 bits per heavy atom. The molecule has 106 valence electrons. The van der Waals surface area contributed by atoms with Crippen LogP contribution in [0.4, 0.5) is 4.39 Å². The fourth-order valence-corrected chi connectivity index (χ4v) is 1.56.